The number of ketones is 1. The summed E-state index contributed by atoms with van der Waals surface area (Å²) in [5.74, 6) is -0.488. The fraction of sp³-hybridized carbons (Fsp3) is 0.308. The molecule has 2 aromatic rings. The first kappa shape index (κ1) is 13.7. The molecule has 0 spiro atoms. The van der Waals surface area contributed by atoms with E-state index in [4.69, 9.17) is 11.6 Å². The molecule has 1 aromatic heterocycles. The van der Waals surface area contributed by atoms with E-state index in [1.165, 1.54) is 22.9 Å². The molecule has 0 aliphatic carbocycles. The lowest BCUT2D eigenvalue weighted by Gasteiger charge is -2.07. The third-order valence-electron chi connectivity index (χ3n) is 2.82. The lowest BCUT2D eigenvalue weighted by atomic mass is 10.1. The molecule has 1 heterocycles. The molecule has 1 aromatic carbocycles. The topological polar surface area (TPSA) is 47.8 Å². The average Bonchev–Trinajstić information content (AvgIpc) is 2.81. The van der Waals surface area contributed by atoms with Gasteiger partial charge < -0.3 is 0 Å². The Bertz CT molecular complexity index is 624. The van der Waals surface area contributed by atoms with Crippen molar-refractivity contribution < 1.29 is 9.18 Å². The van der Waals surface area contributed by atoms with Gasteiger partial charge in [0.05, 0.1) is 16.4 Å². The minimum absolute atomic E-state index is 0.0682. The lowest BCUT2D eigenvalue weighted by Crippen LogP contribution is -2.06. The van der Waals surface area contributed by atoms with Crippen LogP contribution in [0.5, 0.6) is 0 Å². The van der Waals surface area contributed by atoms with Gasteiger partial charge in [0.1, 0.15) is 5.82 Å². The lowest BCUT2D eigenvalue weighted by molar-refractivity contribution is 0.0982. The predicted molar refractivity (Wildman–Crippen MR) is 70.3 cm³/mol. The van der Waals surface area contributed by atoms with Gasteiger partial charge in [0.2, 0.25) is 0 Å². The van der Waals surface area contributed by atoms with Gasteiger partial charge in [-0.3, -0.25) is 4.79 Å². The van der Waals surface area contributed by atoms with Crippen molar-refractivity contribution in [3.05, 3.63) is 40.4 Å². The maximum absolute atomic E-state index is 13.0. The van der Waals surface area contributed by atoms with Gasteiger partial charge in [-0.15, -0.1) is 5.10 Å². The highest BCUT2D eigenvalue weighted by Gasteiger charge is 2.19. The van der Waals surface area contributed by atoms with Crippen LogP contribution in [0.15, 0.2) is 18.2 Å². The number of carbonyl (C=O) groups is 1. The molecule has 0 amide bonds. The first-order valence-corrected chi connectivity index (χ1v) is 6.39. The Balaban J connectivity index is 2.57. The van der Waals surface area contributed by atoms with E-state index >= 15 is 0 Å². The molecule has 2 rings (SSSR count). The molecular formula is C13H13ClFN3O. The van der Waals surface area contributed by atoms with Gasteiger partial charge in [0.25, 0.3) is 0 Å². The summed E-state index contributed by atoms with van der Waals surface area (Å²) in [5, 5.41) is 8.10. The molecule has 0 saturated heterocycles. The highest BCUT2D eigenvalue weighted by molar-refractivity contribution is 6.32. The minimum atomic E-state index is -0.420. The van der Waals surface area contributed by atoms with Crippen LogP contribution in [0, 0.1) is 5.82 Å². The highest BCUT2D eigenvalue weighted by Crippen LogP contribution is 2.23. The average molecular weight is 282 g/mol. The number of benzene rings is 1. The van der Waals surface area contributed by atoms with Crippen LogP contribution in [0.2, 0.25) is 5.02 Å². The minimum Gasteiger partial charge on any atom is -0.292 e. The normalized spacial score (nSPS) is 10.7. The molecule has 0 fully saturated rings. The monoisotopic (exact) mass is 281 g/mol. The fourth-order valence-corrected chi connectivity index (χ4v) is 2.10. The third kappa shape index (κ3) is 2.51. The fourth-order valence-electron chi connectivity index (χ4n) is 1.85. The zero-order valence-corrected chi connectivity index (χ0v) is 11.4. The number of aromatic nitrogens is 3. The van der Waals surface area contributed by atoms with Crippen LogP contribution in [0.1, 0.15) is 36.5 Å². The number of nitrogens with zero attached hydrogens (tertiary/aromatic N) is 3. The van der Waals surface area contributed by atoms with Crippen molar-refractivity contribution in [2.24, 2.45) is 0 Å². The van der Waals surface area contributed by atoms with Crippen LogP contribution in [-0.4, -0.2) is 20.8 Å². The summed E-state index contributed by atoms with van der Waals surface area (Å²) in [7, 11) is 0. The van der Waals surface area contributed by atoms with E-state index in [1.54, 1.807) is 6.92 Å². The molecule has 0 aliphatic rings. The van der Waals surface area contributed by atoms with E-state index in [-0.39, 0.29) is 10.8 Å². The molecular weight excluding hydrogens is 269 g/mol. The zero-order chi connectivity index (χ0) is 14.0. The van der Waals surface area contributed by atoms with Gasteiger partial charge in [-0.2, -0.15) is 0 Å². The second-order valence-corrected chi connectivity index (χ2v) is 4.43. The molecule has 0 atom stereocenters. The van der Waals surface area contributed by atoms with Gasteiger partial charge >= 0.3 is 0 Å². The molecule has 19 heavy (non-hydrogen) atoms. The Hall–Kier alpha value is -1.75. The molecule has 0 N–H and O–H groups in total. The van der Waals surface area contributed by atoms with Crippen molar-refractivity contribution in [2.45, 2.75) is 26.7 Å². The molecule has 0 aliphatic heterocycles. The Kier molecular flexibility index (Phi) is 3.95. The first-order chi connectivity index (χ1) is 9.08. The SMILES string of the molecule is CCC(=O)c1nnn(-c2ccc(F)cc2Cl)c1CC. The summed E-state index contributed by atoms with van der Waals surface area (Å²) in [5.41, 5.74) is 1.55. The summed E-state index contributed by atoms with van der Waals surface area (Å²) < 4.78 is 14.5. The number of Topliss-reactive ketones (excluding diaryl/α,β-unsaturated/α-hetero) is 1. The van der Waals surface area contributed by atoms with Crippen LogP contribution in [-0.2, 0) is 6.42 Å². The molecule has 0 bridgehead atoms. The summed E-state index contributed by atoms with van der Waals surface area (Å²) in [6.07, 6.45) is 0.949. The van der Waals surface area contributed by atoms with Gasteiger partial charge in [-0.25, -0.2) is 9.07 Å². The highest BCUT2D eigenvalue weighted by atomic mass is 35.5. The first-order valence-electron chi connectivity index (χ1n) is 6.01. The smallest absolute Gasteiger partial charge is 0.184 e. The standard InChI is InChI=1S/C13H13ClFN3O/c1-3-10-13(12(19)4-2)16-17-18(10)11-6-5-8(15)7-9(11)14/h5-7H,3-4H2,1-2H3. The van der Waals surface area contributed by atoms with Gasteiger partial charge in [0.15, 0.2) is 11.5 Å². The van der Waals surface area contributed by atoms with Crippen molar-refractivity contribution in [3.63, 3.8) is 0 Å². The van der Waals surface area contributed by atoms with Crippen LogP contribution in [0.4, 0.5) is 4.39 Å². The summed E-state index contributed by atoms with van der Waals surface area (Å²) >= 11 is 6.00. The summed E-state index contributed by atoms with van der Waals surface area (Å²) in [4.78, 5) is 11.8. The van der Waals surface area contributed by atoms with Crippen LogP contribution in [0.25, 0.3) is 5.69 Å². The number of halogens is 2. The molecule has 0 radical (unpaired) electrons. The van der Waals surface area contributed by atoms with E-state index in [9.17, 15) is 9.18 Å². The Morgan fingerprint density at radius 2 is 2.16 bits per heavy atom. The van der Waals surface area contributed by atoms with Gasteiger partial charge in [-0.1, -0.05) is 30.7 Å². The van der Waals surface area contributed by atoms with Gasteiger partial charge in [0, 0.05) is 6.42 Å². The number of hydrogen-bond acceptors (Lipinski definition) is 3. The molecule has 4 nitrogen and oxygen atoms in total. The second kappa shape index (κ2) is 5.48. The molecule has 0 saturated carbocycles. The van der Waals surface area contributed by atoms with Crippen molar-refractivity contribution >= 4 is 17.4 Å². The zero-order valence-electron chi connectivity index (χ0n) is 10.7. The summed E-state index contributed by atoms with van der Waals surface area (Å²) in [6, 6.07) is 4.02. The molecule has 100 valence electrons. The van der Waals surface area contributed by atoms with Crippen LogP contribution in [0.3, 0.4) is 0 Å². The summed E-state index contributed by atoms with van der Waals surface area (Å²) in [6.45, 7) is 3.67. The Labute approximate surface area is 115 Å². The molecule has 0 unspecified atom stereocenters. The second-order valence-electron chi connectivity index (χ2n) is 4.02. The number of hydrogen-bond donors (Lipinski definition) is 0. The number of rotatable bonds is 4. The van der Waals surface area contributed by atoms with E-state index in [1.807, 2.05) is 6.92 Å². The van der Waals surface area contributed by atoms with Crippen molar-refractivity contribution in [1.29, 1.82) is 0 Å². The largest absolute Gasteiger partial charge is 0.292 e. The predicted octanol–water partition coefficient (Wildman–Crippen LogP) is 3.21. The van der Waals surface area contributed by atoms with Crippen molar-refractivity contribution in [3.8, 4) is 5.69 Å². The maximum Gasteiger partial charge on any atom is 0.184 e. The van der Waals surface area contributed by atoms with Crippen LogP contribution >= 0.6 is 11.6 Å². The Morgan fingerprint density at radius 1 is 1.42 bits per heavy atom. The Morgan fingerprint density at radius 3 is 2.74 bits per heavy atom. The quantitative estimate of drug-likeness (QED) is 0.809. The van der Waals surface area contributed by atoms with E-state index in [2.05, 4.69) is 10.3 Å². The third-order valence-corrected chi connectivity index (χ3v) is 3.12. The van der Waals surface area contributed by atoms with E-state index in [0.29, 0.717) is 29.9 Å². The van der Waals surface area contributed by atoms with Crippen LogP contribution < -0.4 is 0 Å². The number of carbonyl (C=O) groups excluding carboxylic acids is 1. The molecule has 6 heteroatoms. The van der Waals surface area contributed by atoms with Crippen molar-refractivity contribution in [2.75, 3.05) is 0 Å². The maximum atomic E-state index is 13.0. The van der Waals surface area contributed by atoms with Gasteiger partial charge in [-0.05, 0) is 24.6 Å². The van der Waals surface area contributed by atoms with E-state index < -0.39 is 5.82 Å². The van der Waals surface area contributed by atoms with Crippen molar-refractivity contribution in [1.82, 2.24) is 15.0 Å². The van der Waals surface area contributed by atoms with E-state index in [0.717, 1.165) is 0 Å².